The van der Waals surface area contributed by atoms with Crippen molar-refractivity contribution in [1.29, 1.82) is 0 Å². The Morgan fingerprint density at radius 1 is 1.50 bits per heavy atom. The molecule has 0 radical (unpaired) electrons. The predicted octanol–water partition coefficient (Wildman–Crippen LogP) is 2.19. The first-order valence-electron chi connectivity index (χ1n) is 6.98. The molecular weight excluding hydrogens is 274 g/mol. The number of benzene rings is 1. The number of nitrogens with one attached hydrogen (secondary N) is 2. The second kappa shape index (κ2) is 6.57. The van der Waals surface area contributed by atoms with Gasteiger partial charge in [0.15, 0.2) is 0 Å². The maximum Gasteiger partial charge on any atom is 0.238 e. The summed E-state index contributed by atoms with van der Waals surface area (Å²) in [6.45, 7) is 9.22. The van der Waals surface area contributed by atoms with E-state index >= 15 is 0 Å². The van der Waals surface area contributed by atoms with Crippen LogP contribution in [0.2, 0.25) is 5.02 Å². The molecule has 0 saturated carbocycles. The lowest BCUT2D eigenvalue weighted by atomic mass is 10.1. The monoisotopic (exact) mass is 295 g/mol. The Bertz CT molecular complexity index is 481. The molecule has 1 aliphatic rings. The number of halogens is 1. The Hall–Kier alpha value is -1.10. The third-order valence-corrected chi connectivity index (χ3v) is 3.81. The number of amides is 1. The van der Waals surface area contributed by atoms with Gasteiger partial charge in [-0.15, -0.1) is 0 Å². The number of nitrogens with zero attached hydrogens (tertiary/aromatic N) is 1. The van der Waals surface area contributed by atoms with Crippen LogP contribution in [0.1, 0.15) is 18.1 Å². The first-order chi connectivity index (χ1) is 9.45. The molecule has 2 N–H and O–H groups in total. The Morgan fingerprint density at radius 2 is 2.25 bits per heavy atom. The third-order valence-electron chi connectivity index (χ3n) is 3.52. The average Bonchev–Trinajstić information content (AvgIpc) is 2.33. The maximum atomic E-state index is 12.1. The van der Waals surface area contributed by atoms with Crippen molar-refractivity contribution in [2.45, 2.75) is 26.8 Å². The minimum atomic E-state index is -0.00652. The minimum Gasteiger partial charge on any atom is -0.323 e. The summed E-state index contributed by atoms with van der Waals surface area (Å²) in [4.78, 5) is 14.3. The number of hydrogen-bond donors (Lipinski definition) is 2. The first kappa shape index (κ1) is 15.3. The maximum absolute atomic E-state index is 12.1. The molecule has 0 aliphatic carbocycles. The standard InChI is InChI=1S/C15H22ClN3O/c1-10-6-11(2)15(13(16)7-10)18-14(20)9-19-5-4-17-12(3)8-19/h6-7,12,17H,4-5,8-9H2,1-3H3,(H,18,20)/t12-/m0/s1. The fourth-order valence-corrected chi connectivity index (χ4v) is 2.98. The van der Waals surface area contributed by atoms with E-state index in [1.165, 1.54) is 0 Å². The molecule has 1 amide bonds. The van der Waals surface area contributed by atoms with Gasteiger partial charge in [-0.3, -0.25) is 9.69 Å². The summed E-state index contributed by atoms with van der Waals surface area (Å²) >= 11 is 6.21. The molecule has 0 aromatic heterocycles. The van der Waals surface area contributed by atoms with Crippen molar-refractivity contribution in [3.8, 4) is 0 Å². The van der Waals surface area contributed by atoms with Crippen molar-refractivity contribution >= 4 is 23.2 Å². The highest BCUT2D eigenvalue weighted by Crippen LogP contribution is 2.27. The summed E-state index contributed by atoms with van der Waals surface area (Å²) < 4.78 is 0. The quantitative estimate of drug-likeness (QED) is 0.898. The Morgan fingerprint density at radius 3 is 2.90 bits per heavy atom. The SMILES string of the molecule is Cc1cc(C)c(NC(=O)CN2CCN[C@@H](C)C2)c(Cl)c1. The number of carbonyl (C=O) groups excluding carboxylic acids is 1. The summed E-state index contributed by atoms with van der Waals surface area (Å²) in [6, 6.07) is 4.33. The molecule has 1 aromatic carbocycles. The molecule has 0 unspecified atom stereocenters. The van der Waals surface area contributed by atoms with Gasteiger partial charge in [-0.05, 0) is 38.0 Å². The Labute approximate surface area is 125 Å². The van der Waals surface area contributed by atoms with Crippen molar-refractivity contribution in [3.63, 3.8) is 0 Å². The molecule has 1 aromatic rings. The van der Waals surface area contributed by atoms with Gasteiger partial charge in [0.25, 0.3) is 0 Å². The molecule has 1 fully saturated rings. The summed E-state index contributed by atoms with van der Waals surface area (Å²) in [5, 5.41) is 6.90. The fraction of sp³-hybridized carbons (Fsp3) is 0.533. The second-order valence-electron chi connectivity index (χ2n) is 5.58. The van der Waals surface area contributed by atoms with Crippen LogP contribution in [0.5, 0.6) is 0 Å². The van der Waals surface area contributed by atoms with Gasteiger partial charge in [-0.25, -0.2) is 0 Å². The van der Waals surface area contributed by atoms with Crippen LogP contribution in [-0.4, -0.2) is 43.0 Å². The third kappa shape index (κ3) is 3.95. The van der Waals surface area contributed by atoms with Crippen LogP contribution < -0.4 is 10.6 Å². The lowest BCUT2D eigenvalue weighted by Crippen LogP contribution is -2.51. The zero-order chi connectivity index (χ0) is 14.7. The van der Waals surface area contributed by atoms with Gasteiger partial charge < -0.3 is 10.6 Å². The number of aryl methyl sites for hydroxylation is 2. The normalized spacial score (nSPS) is 19.9. The van der Waals surface area contributed by atoms with E-state index in [-0.39, 0.29) is 5.91 Å². The van der Waals surface area contributed by atoms with E-state index in [0.29, 0.717) is 17.6 Å². The molecule has 20 heavy (non-hydrogen) atoms. The average molecular weight is 296 g/mol. The molecule has 4 nitrogen and oxygen atoms in total. The second-order valence-corrected chi connectivity index (χ2v) is 5.98. The Kier molecular flexibility index (Phi) is 5.02. The van der Waals surface area contributed by atoms with Crippen LogP contribution in [0, 0.1) is 13.8 Å². The van der Waals surface area contributed by atoms with E-state index in [1.807, 2.05) is 26.0 Å². The summed E-state index contributed by atoms with van der Waals surface area (Å²) in [5.41, 5.74) is 2.82. The van der Waals surface area contributed by atoms with Crippen LogP contribution in [0.25, 0.3) is 0 Å². The van der Waals surface area contributed by atoms with Crippen LogP contribution >= 0.6 is 11.6 Å². The Balaban J connectivity index is 1.98. The van der Waals surface area contributed by atoms with Gasteiger partial charge in [-0.2, -0.15) is 0 Å². The minimum absolute atomic E-state index is 0.00652. The van der Waals surface area contributed by atoms with Gasteiger partial charge in [-0.1, -0.05) is 17.7 Å². The zero-order valence-corrected chi connectivity index (χ0v) is 13.0. The number of rotatable bonds is 3. The van der Waals surface area contributed by atoms with Crippen LogP contribution in [-0.2, 0) is 4.79 Å². The highest BCUT2D eigenvalue weighted by atomic mass is 35.5. The number of hydrogen-bond acceptors (Lipinski definition) is 3. The topological polar surface area (TPSA) is 44.4 Å². The lowest BCUT2D eigenvalue weighted by molar-refractivity contribution is -0.117. The molecule has 110 valence electrons. The number of anilines is 1. The zero-order valence-electron chi connectivity index (χ0n) is 12.3. The highest BCUT2D eigenvalue weighted by molar-refractivity contribution is 6.34. The van der Waals surface area contributed by atoms with Crippen molar-refractivity contribution in [1.82, 2.24) is 10.2 Å². The first-order valence-corrected chi connectivity index (χ1v) is 7.36. The molecular formula is C15H22ClN3O. The smallest absolute Gasteiger partial charge is 0.238 e. The van der Waals surface area contributed by atoms with E-state index in [4.69, 9.17) is 11.6 Å². The van der Waals surface area contributed by atoms with E-state index in [9.17, 15) is 4.79 Å². The molecule has 0 spiro atoms. The van der Waals surface area contributed by atoms with Crippen molar-refractivity contribution in [3.05, 3.63) is 28.3 Å². The summed E-state index contributed by atoms with van der Waals surface area (Å²) in [5.74, 6) is -0.00652. The summed E-state index contributed by atoms with van der Waals surface area (Å²) in [6.07, 6.45) is 0. The van der Waals surface area contributed by atoms with Gasteiger partial charge >= 0.3 is 0 Å². The molecule has 1 aliphatic heterocycles. The molecule has 2 rings (SSSR count). The highest BCUT2D eigenvalue weighted by Gasteiger charge is 2.18. The van der Waals surface area contributed by atoms with E-state index in [2.05, 4.69) is 22.5 Å². The van der Waals surface area contributed by atoms with Gasteiger partial charge in [0, 0.05) is 25.7 Å². The van der Waals surface area contributed by atoms with Crippen molar-refractivity contribution < 1.29 is 4.79 Å². The van der Waals surface area contributed by atoms with E-state index in [0.717, 1.165) is 36.4 Å². The van der Waals surface area contributed by atoms with Crippen LogP contribution in [0.15, 0.2) is 12.1 Å². The van der Waals surface area contributed by atoms with Gasteiger partial charge in [0.05, 0.1) is 17.3 Å². The van der Waals surface area contributed by atoms with Gasteiger partial charge in [0.2, 0.25) is 5.91 Å². The number of piperazine rings is 1. The summed E-state index contributed by atoms with van der Waals surface area (Å²) in [7, 11) is 0. The van der Waals surface area contributed by atoms with Crippen LogP contribution in [0.3, 0.4) is 0 Å². The lowest BCUT2D eigenvalue weighted by Gasteiger charge is -2.31. The molecule has 1 saturated heterocycles. The van der Waals surface area contributed by atoms with E-state index in [1.54, 1.807) is 0 Å². The molecule has 0 bridgehead atoms. The molecule has 5 heteroatoms. The largest absolute Gasteiger partial charge is 0.323 e. The van der Waals surface area contributed by atoms with Crippen molar-refractivity contribution in [2.24, 2.45) is 0 Å². The predicted molar refractivity (Wildman–Crippen MR) is 83.5 cm³/mol. The van der Waals surface area contributed by atoms with Crippen molar-refractivity contribution in [2.75, 3.05) is 31.5 Å². The number of carbonyl (C=O) groups is 1. The molecule has 1 heterocycles. The van der Waals surface area contributed by atoms with E-state index < -0.39 is 0 Å². The molecule has 1 atom stereocenters. The van der Waals surface area contributed by atoms with Gasteiger partial charge in [0.1, 0.15) is 0 Å². The fourth-order valence-electron chi connectivity index (χ4n) is 2.61. The van der Waals surface area contributed by atoms with Crippen LogP contribution in [0.4, 0.5) is 5.69 Å².